The van der Waals surface area contributed by atoms with Gasteiger partial charge in [-0.1, -0.05) is 53.7 Å². The fourth-order valence-corrected chi connectivity index (χ4v) is 3.42. The molecule has 1 aromatic heterocycles. The summed E-state index contributed by atoms with van der Waals surface area (Å²) in [6, 6.07) is 14.8. The van der Waals surface area contributed by atoms with Crippen LogP contribution in [0.5, 0.6) is 5.75 Å². The summed E-state index contributed by atoms with van der Waals surface area (Å²) in [7, 11) is 1.99. The quantitative estimate of drug-likeness (QED) is 0.607. The Kier molecular flexibility index (Phi) is 5.43. The first-order valence-corrected chi connectivity index (χ1v) is 9.28. The van der Waals surface area contributed by atoms with Gasteiger partial charge in [0.2, 0.25) is 0 Å². The second-order valence-corrected chi connectivity index (χ2v) is 7.24. The van der Waals surface area contributed by atoms with Crippen molar-refractivity contribution in [1.82, 2.24) is 14.8 Å². The summed E-state index contributed by atoms with van der Waals surface area (Å²) >= 11 is 1.69. The van der Waals surface area contributed by atoms with Crippen molar-refractivity contribution in [2.24, 2.45) is 7.05 Å². The molecule has 0 saturated heterocycles. The van der Waals surface area contributed by atoms with Crippen molar-refractivity contribution in [2.45, 2.75) is 38.3 Å². The van der Waals surface area contributed by atoms with Crippen LogP contribution >= 0.6 is 11.8 Å². The van der Waals surface area contributed by atoms with E-state index < -0.39 is 0 Å². The molecule has 130 valence electrons. The van der Waals surface area contributed by atoms with Gasteiger partial charge in [-0.05, 0) is 43.5 Å². The van der Waals surface area contributed by atoms with E-state index in [9.17, 15) is 0 Å². The molecule has 3 aromatic rings. The number of rotatable bonds is 6. The Morgan fingerprint density at radius 1 is 1.00 bits per heavy atom. The Morgan fingerprint density at radius 3 is 2.60 bits per heavy atom. The molecule has 3 rings (SSSR count). The van der Waals surface area contributed by atoms with Crippen molar-refractivity contribution in [3.8, 4) is 5.75 Å². The van der Waals surface area contributed by atoms with Crippen LogP contribution in [0.4, 0.5) is 0 Å². The maximum Gasteiger partial charge on any atom is 0.191 e. The number of thioether (sulfide) groups is 1. The Hall–Kier alpha value is -2.27. The number of ether oxygens (including phenoxy) is 1. The smallest absolute Gasteiger partial charge is 0.191 e. The monoisotopic (exact) mass is 353 g/mol. The zero-order valence-electron chi connectivity index (χ0n) is 15.1. The summed E-state index contributed by atoms with van der Waals surface area (Å²) in [4.78, 5) is 0. The summed E-state index contributed by atoms with van der Waals surface area (Å²) in [6.45, 7) is 6.64. The molecule has 2 aromatic carbocycles. The highest BCUT2D eigenvalue weighted by Crippen LogP contribution is 2.23. The van der Waals surface area contributed by atoms with Gasteiger partial charge in [0, 0.05) is 12.8 Å². The normalized spacial score (nSPS) is 10.9. The van der Waals surface area contributed by atoms with Gasteiger partial charge < -0.3 is 9.30 Å². The molecule has 0 spiro atoms. The highest BCUT2D eigenvalue weighted by molar-refractivity contribution is 7.98. The van der Waals surface area contributed by atoms with Crippen LogP contribution in [0.15, 0.2) is 47.6 Å². The van der Waals surface area contributed by atoms with Gasteiger partial charge in [-0.2, -0.15) is 0 Å². The summed E-state index contributed by atoms with van der Waals surface area (Å²) in [5, 5.41) is 9.49. The zero-order valence-corrected chi connectivity index (χ0v) is 15.9. The molecule has 0 amide bonds. The number of hydrogen-bond donors (Lipinski definition) is 0. The number of aryl methyl sites for hydroxylation is 3. The van der Waals surface area contributed by atoms with Crippen LogP contribution in [0.2, 0.25) is 0 Å². The molecule has 0 saturated carbocycles. The molecule has 1 heterocycles. The minimum atomic E-state index is 0.415. The van der Waals surface area contributed by atoms with Gasteiger partial charge in [-0.3, -0.25) is 0 Å². The molecule has 0 fully saturated rings. The first-order chi connectivity index (χ1) is 12.0. The second kappa shape index (κ2) is 7.74. The number of benzene rings is 2. The molecule has 0 aliphatic rings. The lowest BCUT2D eigenvalue weighted by molar-refractivity contribution is 0.288. The van der Waals surface area contributed by atoms with E-state index in [2.05, 4.69) is 73.4 Å². The van der Waals surface area contributed by atoms with Crippen LogP contribution in [-0.2, 0) is 19.4 Å². The highest BCUT2D eigenvalue weighted by Gasteiger charge is 2.11. The van der Waals surface area contributed by atoms with Crippen LogP contribution in [-0.4, -0.2) is 14.8 Å². The first kappa shape index (κ1) is 17.5. The number of hydrogen-bond acceptors (Lipinski definition) is 4. The highest BCUT2D eigenvalue weighted by atomic mass is 32.2. The average molecular weight is 353 g/mol. The van der Waals surface area contributed by atoms with Crippen LogP contribution in [0, 0.1) is 20.8 Å². The molecular weight excluding hydrogens is 330 g/mol. The topological polar surface area (TPSA) is 39.9 Å². The average Bonchev–Trinajstić information content (AvgIpc) is 2.94. The van der Waals surface area contributed by atoms with Gasteiger partial charge in [-0.25, -0.2) is 0 Å². The molecule has 5 heteroatoms. The number of nitrogens with zero attached hydrogens (tertiary/aromatic N) is 3. The maximum absolute atomic E-state index is 5.94. The Labute approximate surface area is 153 Å². The van der Waals surface area contributed by atoms with Crippen LogP contribution in [0.3, 0.4) is 0 Å². The molecule has 0 unspecified atom stereocenters. The third-order valence-electron chi connectivity index (χ3n) is 4.08. The molecule has 4 nitrogen and oxygen atoms in total. The van der Waals surface area contributed by atoms with Gasteiger partial charge >= 0.3 is 0 Å². The fraction of sp³-hybridized carbons (Fsp3) is 0.300. The first-order valence-electron chi connectivity index (χ1n) is 8.29. The fourth-order valence-electron chi connectivity index (χ4n) is 2.55. The molecule has 0 N–H and O–H groups in total. The number of aromatic nitrogens is 3. The van der Waals surface area contributed by atoms with Gasteiger partial charge in [0.05, 0.1) is 0 Å². The summed E-state index contributed by atoms with van der Waals surface area (Å²) in [5.41, 5.74) is 4.88. The van der Waals surface area contributed by atoms with E-state index in [0.717, 1.165) is 28.0 Å². The van der Waals surface area contributed by atoms with E-state index in [1.807, 2.05) is 11.6 Å². The van der Waals surface area contributed by atoms with Gasteiger partial charge in [0.1, 0.15) is 12.4 Å². The van der Waals surface area contributed by atoms with Crippen LogP contribution in [0.1, 0.15) is 28.1 Å². The third-order valence-corrected chi connectivity index (χ3v) is 5.17. The predicted octanol–water partition coefficient (Wildman–Crippen LogP) is 4.61. The van der Waals surface area contributed by atoms with E-state index >= 15 is 0 Å². The lowest BCUT2D eigenvalue weighted by Gasteiger charge is -2.10. The lowest BCUT2D eigenvalue weighted by Crippen LogP contribution is -2.05. The third kappa shape index (κ3) is 4.42. The standard InChI is InChI=1S/C20H23N3OS/c1-14-6-5-7-17(10-14)13-25-20-22-21-19(23(20)4)12-24-18-11-15(2)8-9-16(18)3/h5-11H,12-13H2,1-4H3. The second-order valence-electron chi connectivity index (χ2n) is 6.29. The van der Waals surface area contributed by atoms with E-state index in [1.165, 1.54) is 16.7 Å². The van der Waals surface area contributed by atoms with Crippen molar-refractivity contribution in [2.75, 3.05) is 0 Å². The molecule has 0 aliphatic carbocycles. The van der Waals surface area contributed by atoms with Crippen molar-refractivity contribution >= 4 is 11.8 Å². The van der Waals surface area contributed by atoms with E-state index in [1.54, 1.807) is 11.8 Å². The summed E-state index contributed by atoms with van der Waals surface area (Å²) in [6.07, 6.45) is 0. The lowest BCUT2D eigenvalue weighted by atomic mass is 10.1. The Morgan fingerprint density at radius 2 is 1.80 bits per heavy atom. The van der Waals surface area contributed by atoms with Crippen molar-refractivity contribution in [1.29, 1.82) is 0 Å². The predicted molar refractivity (Wildman–Crippen MR) is 102 cm³/mol. The van der Waals surface area contributed by atoms with Crippen molar-refractivity contribution in [3.63, 3.8) is 0 Å². The molecular formula is C20H23N3OS. The van der Waals surface area contributed by atoms with Crippen LogP contribution in [0.25, 0.3) is 0 Å². The van der Waals surface area contributed by atoms with E-state index in [0.29, 0.717) is 6.61 Å². The SMILES string of the molecule is Cc1cccc(CSc2nnc(COc3cc(C)ccc3C)n2C)c1. The minimum Gasteiger partial charge on any atom is -0.485 e. The molecule has 0 radical (unpaired) electrons. The van der Waals surface area contributed by atoms with Gasteiger partial charge in [0.15, 0.2) is 11.0 Å². The zero-order chi connectivity index (χ0) is 17.8. The molecule has 0 aliphatic heterocycles. The van der Waals surface area contributed by atoms with Crippen molar-refractivity contribution < 1.29 is 4.74 Å². The Balaban J connectivity index is 1.63. The van der Waals surface area contributed by atoms with Crippen LogP contribution < -0.4 is 4.74 Å². The van der Waals surface area contributed by atoms with E-state index in [4.69, 9.17) is 4.74 Å². The molecule has 0 bridgehead atoms. The maximum atomic E-state index is 5.94. The summed E-state index contributed by atoms with van der Waals surface area (Å²) < 4.78 is 7.95. The van der Waals surface area contributed by atoms with E-state index in [-0.39, 0.29) is 0 Å². The molecule has 0 atom stereocenters. The minimum absolute atomic E-state index is 0.415. The van der Waals surface area contributed by atoms with Gasteiger partial charge in [-0.15, -0.1) is 10.2 Å². The largest absolute Gasteiger partial charge is 0.485 e. The van der Waals surface area contributed by atoms with Crippen molar-refractivity contribution in [3.05, 3.63) is 70.5 Å². The summed E-state index contributed by atoms with van der Waals surface area (Å²) in [5.74, 6) is 2.61. The van der Waals surface area contributed by atoms with Gasteiger partial charge in [0.25, 0.3) is 0 Å². The molecule has 25 heavy (non-hydrogen) atoms. The Bertz CT molecular complexity index is 873.